The lowest BCUT2D eigenvalue weighted by molar-refractivity contribution is 0.382. The van der Waals surface area contributed by atoms with Crippen LogP contribution in [0, 0.1) is 12.8 Å². The number of aryl methyl sites for hydroxylation is 1. The van der Waals surface area contributed by atoms with Gasteiger partial charge in [0.05, 0.1) is 7.11 Å². The molecule has 1 aromatic rings. The van der Waals surface area contributed by atoms with Crippen LogP contribution in [0.15, 0.2) is 18.2 Å². The van der Waals surface area contributed by atoms with Gasteiger partial charge in [-0.05, 0) is 30.9 Å². The molecule has 0 aliphatic rings. The van der Waals surface area contributed by atoms with Crippen molar-refractivity contribution in [1.29, 1.82) is 0 Å². The molecule has 0 amide bonds. The molecule has 0 spiro atoms. The second-order valence-electron chi connectivity index (χ2n) is 4.54. The predicted molar refractivity (Wildman–Crippen MR) is 67.4 cm³/mol. The van der Waals surface area contributed by atoms with Gasteiger partial charge >= 0.3 is 0 Å². The Morgan fingerprint density at radius 1 is 1.38 bits per heavy atom. The number of nitrogens with two attached hydrogens (primary N) is 1. The fraction of sp³-hybridized carbons (Fsp3) is 0.538. The van der Waals surface area contributed by atoms with E-state index in [2.05, 4.69) is 38.3 Å². The van der Waals surface area contributed by atoms with Gasteiger partial charge in [0.1, 0.15) is 5.75 Å². The van der Waals surface area contributed by atoms with Crippen molar-refractivity contribution < 1.29 is 4.74 Å². The SMILES string of the molecule is COc1ccc(C)cc1CC(NN)C(C)C. The number of rotatable bonds is 5. The summed E-state index contributed by atoms with van der Waals surface area (Å²) in [5, 5.41) is 0. The molecule has 0 saturated carbocycles. The summed E-state index contributed by atoms with van der Waals surface area (Å²) in [4.78, 5) is 0. The minimum Gasteiger partial charge on any atom is -0.496 e. The molecule has 16 heavy (non-hydrogen) atoms. The molecule has 3 N–H and O–H groups in total. The largest absolute Gasteiger partial charge is 0.496 e. The summed E-state index contributed by atoms with van der Waals surface area (Å²) >= 11 is 0. The average molecular weight is 222 g/mol. The van der Waals surface area contributed by atoms with Crippen LogP contribution in [0.2, 0.25) is 0 Å². The summed E-state index contributed by atoms with van der Waals surface area (Å²) in [5.74, 6) is 6.99. The van der Waals surface area contributed by atoms with Crippen LogP contribution in [0.4, 0.5) is 0 Å². The van der Waals surface area contributed by atoms with Crippen LogP contribution in [0.3, 0.4) is 0 Å². The summed E-state index contributed by atoms with van der Waals surface area (Å²) < 4.78 is 5.36. The van der Waals surface area contributed by atoms with E-state index in [0.29, 0.717) is 5.92 Å². The van der Waals surface area contributed by atoms with E-state index in [9.17, 15) is 0 Å². The second-order valence-corrected chi connectivity index (χ2v) is 4.54. The first-order valence-electron chi connectivity index (χ1n) is 5.68. The lowest BCUT2D eigenvalue weighted by atomic mass is 9.95. The molecular weight excluding hydrogens is 200 g/mol. The van der Waals surface area contributed by atoms with Crippen LogP contribution >= 0.6 is 0 Å². The monoisotopic (exact) mass is 222 g/mol. The van der Waals surface area contributed by atoms with E-state index in [1.54, 1.807) is 7.11 Å². The molecule has 1 atom stereocenters. The Hall–Kier alpha value is -1.06. The molecule has 0 heterocycles. The van der Waals surface area contributed by atoms with Gasteiger partial charge in [0, 0.05) is 6.04 Å². The number of methoxy groups -OCH3 is 1. The van der Waals surface area contributed by atoms with E-state index in [0.717, 1.165) is 12.2 Å². The van der Waals surface area contributed by atoms with Gasteiger partial charge in [0.2, 0.25) is 0 Å². The van der Waals surface area contributed by atoms with Crippen molar-refractivity contribution in [2.45, 2.75) is 33.2 Å². The Balaban J connectivity index is 2.89. The quantitative estimate of drug-likeness (QED) is 0.592. The maximum atomic E-state index is 5.56. The second kappa shape index (κ2) is 5.87. The topological polar surface area (TPSA) is 47.3 Å². The Kier molecular flexibility index (Phi) is 4.77. The first kappa shape index (κ1) is 13.0. The number of hydrogen-bond acceptors (Lipinski definition) is 3. The molecule has 3 nitrogen and oxygen atoms in total. The maximum absolute atomic E-state index is 5.56. The highest BCUT2D eigenvalue weighted by Gasteiger charge is 2.14. The van der Waals surface area contributed by atoms with Gasteiger partial charge in [-0.25, -0.2) is 0 Å². The summed E-state index contributed by atoms with van der Waals surface area (Å²) in [5.41, 5.74) is 5.32. The molecular formula is C13H22N2O. The molecule has 0 fully saturated rings. The van der Waals surface area contributed by atoms with Crippen LogP contribution in [-0.4, -0.2) is 13.2 Å². The summed E-state index contributed by atoms with van der Waals surface area (Å²) in [6.07, 6.45) is 0.888. The van der Waals surface area contributed by atoms with Crippen molar-refractivity contribution in [2.24, 2.45) is 11.8 Å². The third-order valence-corrected chi connectivity index (χ3v) is 2.89. The Morgan fingerprint density at radius 2 is 2.06 bits per heavy atom. The smallest absolute Gasteiger partial charge is 0.122 e. The number of nitrogens with one attached hydrogen (secondary N) is 1. The lowest BCUT2D eigenvalue weighted by Crippen LogP contribution is -2.40. The summed E-state index contributed by atoms with van der Waals surface area (Å²) in [7, 11) is 1.70. The van der Waals surface area contributed by atoms with E-state index >= 15 is 0 Å². The van der Waals surface area contributed by atoms with Crippen molar-refractivity contribution in [3.63, 3.8) is 0 Å². The fourth-order valence-corrected chi connectivity index (χ4v) is 1.79. The number of ether oxygens (including phenoxy) is 1. The standard InChI is InChI=1S/C13H22N2O/c1-9(2)12(15-14)8-11-7-10(3)5-6-13(11)16-4/h5-7,9,12,15H,8,14H2,1-4H3. The van der Waals surface area contributed by atoms with Crippen LogP contribution in [0.1, 0.15) is 25.0 Å². The predicted octanol–water partition coefficient (Wildman–Crippen LogP) is 2.03. The van der Waals surface area contributed by atoms with Crippen LogP contribution < -0.4 is 16.0 Å². The molecule has 0 aliphatic carbocycles. The van der Waals surface area contributed by atoms with Crippen LogP contribution in [0.25, 0.3) is 0 Å². The Bertz CT molecular complexity index is 337. The van der Waals surface area contributed by atoms with Crippen LogP contribution in [0.5, 0.6) is 5.75 Å². The molecule has 3 heteroatoms. The van der Waals surface area contributed by atoms with E-state index in [1.165, 1.54) is 11.1 Å². The highest BCUT2D eigenvalue weighted by molar-refractivity contribution is 5.37. The zero-order chi connectivity index (χ0) is 12.1. The van der Waals surface area contributed by atoms with Gasteiger partial charge in [-0.15, -0.1) is 0 Å². The average Bonchev–Trinajstić information content (AvgIpc) is 2.25. The normalized spacial score (nSPS) is 12.9. The summed E-state index contributed by atoms with van der Waals surface area (Å²) in [6.45, 7) is 6.41. The fourth-order valence-electron chi connectivity index (χ4n) is 1.79. The first-order chi connectivity index (χ1) is 7.58. The molecule has 0 saturated heterocycles. The third-order valence-electron chi connectivity index (χ3n) is 2.89. The van der Waals surface area contributed by atoms with Crippen molar-refractivity contribution >= 4 is 0 Å². The molecule has 1 rings (SSSR count). The van der Waals surface area contributed by atoms with Gasteiger partial charge in [-0.3, -0.25) is 11.3 Å². The summed E-state index contributed by atoms with van der Waals surface area (Å²) in [6, 6.07) is 6.50. The third kappa shape index (κ3) is 3.22. The van der Waals surface area contributed by atoms with Gasteiger partial charge in [-0.1, -0.05) is 31.5 Å². The van der Waals surface area contributed by atoms with Gasteiger partial charge in [0.15, 0.2) is 0 Å². The van der Waals surface area contributed by atoms with Crippen molar-refractivity contribution in [1.82, 2.24) is 5.43 Å². The number of benzene rings is 1. The highest BCUT2D eigenvalue weighted by Crippen LogP contribution is 2.22. The van der Waals surface area contributed by atoms with Crippen molar-refractivity contribution in [3.05, 3.63) is 29.3 Å². The lowest BCUT2D eigenvalue weighted by Gasteiger charge is -2.21. The first-order valence-corrected chi connectivity index (χ1v) is 5.68. The molecule has 0 radical (unpaired) electrons. The van der Waals surface area contributed by atoms with E-state index in [4.69, 9.17) is 10.6 Å². The van der Waals surface area contributed by atoms with Crippen LogP contribution in [-0.2, 0) is 6.42 Å². The van der Waals surface area contributed by atoms with Gasteiger partial charge in [-0.2, -0.15) is 0 Å². The molecule has 0 aliphatic heterocycles. The van der Waals surface area contributed by atoms with Crippen molar-refractivity contribution in [3.8, 4) is 5.75 Å². The van der Waals surface area contributed by atoms with Crippen molar-refractivity contribution in [2.75, 3.05) is 7.11 Å². The highest BCUT2D eigenvalue weighted by atomic mass is 16.5. The zero-order valence-corrected chi connectivity index (χ0v) is 10.6. The van der Waals surface area contributed by atoms with E-state index < -0.39 is 0 Å². The minimum absolute atomic E-state index is 0.274. The molecule has 0 bridgehead atoms. The Morgan fingerprint density at radius 3 is 2.56 bits per heavy atom. The minimum atomic E-state index is 0.274. The zero-order valence-electron chi connectivity index (χ0n) is 10.6. The van der Waals surface area contributed by atoms with Gasteiger partial charge in [0.25, 0.3) is 0 Å². The molecule has 90 valence electrons. The van der Waals surface area contributed by atoms with E-state index in [-0.39, 0.29) is 6.04 Å². The number of hydrazine groups is 1. The maximum Gasteiger partial charge on any atom is 0.122 e. The van der Waals surface area contributed by atoms with Gasteiger partial charge < -0.3 is 4.74 Å². The van der Waals surface area contributed by atoms with E-state index in [1.807, 2.05) is 6.07 Å². The Labute approximate surface area is 98.0 Å². The number of hydrogen-bond donors (Lipinski definition) is 2. The molecule has 0 aromatic heterocycles. The molecule has 1 aromatic carbocycles. The molecule has 1 unspecified atom stereocenters.